The second kappa shape index (κ2) is 6.17. The summed E-state index contributed by atoms with van der Waals surface area (Å²) < 4.78 is 21.9. The largest absolute Gasteiger partial charge is 0.377 e. The van der Waals surface area contributed by atoms with E-state index in [2.05, 4.69) is 0 Å². The van der Waals surface area contributed by atoms with Gasteiger partial charge in [-0.15, -0.1) is 12.4 Å². The van der Waals surface area contributed by atoms with E-state index in [0.717, 1.165) is 6.26 Å². The molecule has 0 saturated carbocycles. The molecule has 2 N–H and O–H groups in total. The summed E-state index contributed by atoms with van der Waals surface area (Å²) in [7, 11) is -3.36. The molecule has 0 aliphatic carbocycles. The molecule has 0 radical (unpaired) electrons. The minimum absolute atomic E-state index is 0. The predicted octanol–water partition coefficient (Wildman–Crippen LogP) is -0.703. The van der Waals surface area contributed by atoms with Crippen LogP contribution >= 0.6 is 12.4 Å². The molecule has 0 spiro atoms. The van der Waals surface area contributed by atoms with E-state index in [1.807, 2.05) is 5.32 Å². The second-order valence-electron chi connectivity index (χ2n) is 2.43. The van der Waals surface area contributed by atoms with Gasteiger partial charge in [0.05, 0.1) is 0 Å². The van der Waals surface area contributed by atoms with E-state index in [-0.39, 0.29) is 18.8 Å². The van der Waals surface area contributed by atoms with Crippen LogP contribution in [0.1, 0.15) is 13.3 Å². The van der Waals surface area contributed by atoms with Crippen molar-refractivity contribution in [3.63, 3.8) is 0 Å². The number of rotatable bonds is 4. The summed E-state index contributed by atoms with van der Waals surface area (Å²) in [6, 6.07) is 0. The van der Waals surface area contributed by atoms with Crippen molar-refractivity contribution in [3.8, 4) is 0 Å². The molecule has 0 aliphatic heterocycles. The zero-order valence-corrected chi connectivity index (χ0v) is 9.11. The first kappa shape index (κ1) is 15.2. The Morgan fingerprint density at radius 3 is 2.23 bits per heavy atom. The van der Waals surface area contributed by atoms with Crippen LogP contribution in [0.15, 0.2) is 0 Å². The molecule has 5 nitrogen and oxygen atoms in total. The average molecular weight is 232 g/mol. The maximum atomic E-state index is 11.0. The van der Waals surface area contributed by atoms with E-state index in [1.165, 1.54) is 0 Å². The Labute approximate surface area is 83.8 Å². The van der Waals surface area contributed by atoms with E-state index >= 15 is 0 Å². The Morgan fingerprint density at radius 2 is 2.00 bits per heavy atom. The first-order valence-electron chi connectivity index (χ1n) is 3.51. The number of carbonyl (C=O) groups is 1. The smallest absolute Gasteiger partial charge is 0.240 e. The molecule has 1 amide bonds. The van der Waals surface area contributed by atoms with Crippen LogP contribution < -0.4 is 5.32 Å². The Bertz CT molecular complexity index is 251. The van der Waals surface area contributed by atoms with Crippen molar-refractivity contribution in [2.75, 3.05) is 13.0 Å². The molecule has 13 heavy (non-hydrogen) atoms. The lowest BCUT2D eigenvalue weighted by Crippen LogP contribution is -2.39. The van der Waals surface area contributed by atoms with Gasteiger partial charge in [0.15, 0.2) is 9.84 Å². The molecule has 0 aliphatic rings. The summed E-state index contributed by atoms with van der Waals surface area (Å²) in [6.07, 6.45) is 1.21. The quantitative estimate of drug-likeness (QED) is 0.627. The minimum Gasteiger partial charge on any atom is -0.377 e. The van der Waals surface area contributed by atoms with Crippen molar-refractivity contribution in [2.24, 2.45) is 0 Å². The molecule has 0 bridgehead atoms. The van der Waals surface area contributed by atoms with Gasteiger partial charge in [-0.05, 0) is 6.42 Å². The maximum absolute atomic E-state index is 11.0. The van der Waals surface area contributed by atoms with Crippen molar-refractivity contribution >= 4 is 28.2 Å². The van der Waals surface area contributed by atoms with E-state index in [9.17, 15) is 13.2 Å². The molecule has 0 aromatic rings. The zero-order valence-electron chi connectivity index (χ0n) is 7.48. The van der Waals surface area contributed by atoms with E-state index in [1.54, 1.807) is 6.92 Å². The van der Waals surface area contributed by atoms with Crippen LogP contribution in [0.4, 0.5) is 0 Å². The normalized spacial score (nSPS) is 12.8. The standard InChI is InChI=1S/C6H13NO4S.ClH/c1-3-5(12(2,10)11)6(9)7-4-8;/h5,8H,3-4H2,1-2H3,(H,7,9);1H. The molecule has 80 valence electrons. The van der Waals surface area contributed by atoms with E-state index in [4.69, 9.17) is 5.11 Å². The van der Waals surface area contributed by atoms with Gasteiger partial charge in [-0.3, -0.25) is 4.79 Å². The van der Waals surface area contributed by atoms with Crippen LogP contribution in [-0.2, 0) is 14.6 Å². The number of sulfone groups is 1. The molecule has 0 aromatic carbocycles. The Kier molecular flexibility index (Phi) is 7.20. The molecule has 1 unspecified atom stereocenters. The van der Waals surface area contributed by atoms with Gasteiger partial charge in [-0.25, -0.2) is 8.42 Å². The van der Waals surface area contributed by atoms with Crippen molar-refractivity contribution in [2.45, 2.75) is 18.6 Å². The highest BCUT2D eigenvalue weighted by atomic mass is 35.5. The number of aliphatic hydroxyl groups excluding tert-OH is 1. The highest BCUT2D eigenvalue weighted by Crippen LogP contribution is 2.03. The lowest BCUT2D eigenvalue weighted by molar-refractivity contribution is -0.121. The van der Waals surface area contributed by atoms with Crippen LogP contribution in [-0.4, -0.2) is 37.7 Å². The van der Waals surface area contributed by atoms with Crippen LogP contribution in [0, 0.1) is 0 Å². The summed E-state index contributed by atoms with van der Waals surface area (Å²) in [6.45, 7) is 1.06. The zero-order chi connectivity index (χ0) is 9.78. The van der Waals surface area contributed by atoms with Gasteiger partial charge in [0.2, 0.25) is 5.91 Å². The Balaban J connectivity index is 0. The number of carbonyl (C=O) groups excluding carboxylic acids is 1. The van der Waals surface area contributed by atoms with Crippen LogP contribution in [0.25, 0.3) is 0 Å². The van der Waals surface area contributed by atoms with Crippen molar-refractivity contribution in [3.05, 3.63) is 0 Å². The van der Waals surface area contributed by atoms with Gasteiger partial charge >= 0.3 is 0 Å². The maximum Gasteiger partial charge on any atom is 0.240 e. The summed E-state index contributed by atoms with van der Waals surface area (Å²) in [5.74, 6) is -0.650. The fraction of sp³-hybridized carbons (Fsp3) is 0.833. The summed E-state index contributed by atoms with van der Waals surface area (Å²) in [5, 5.41) is 9.31. The third kappa shape index (κ3) is 5.07. The molecule has 1 atom stereocenters. The highest BCUT2D eigenvalue weighted by molar-refractivity contribution is 7.92. The van der Waals surface area contributed by atoms with Crippen LogP contribution in [0.2, 0.25) is 0 Å². The summed E-state index contributed by atoms with van der Waals surface area (Å²) in [4.78, 5) is 11.0. The number of nitrogens with one attached hydrogen (secondary N) is 1. The monoisotopic (exact) mass is 231 g/mol. The molecule has 0 fully saturated rings. The summed E-state index contributed by atoms with van der Waals surface area (Å²) in [5.41, 5.74) is 0. The number of aliphatic hydroxyl groups is 1. The number of hydrogen-bond donors (Lipinski definition) is 2. The highest BCUT2D eigenvalue weighted by Gasteiger charge is 2.26. The number of amides is 1. The fourth-order valence-corrected chi connectivity index (χ4v) is 1.95. The SMILES string of the molecule is CCC(C(=O)NCO)S(C)(=O)=O.Cl. The van der Waals surface area contributed by atoms with Crippen LogP contribution in [0.5, 0.6) is 0 Å². The van der Waals surface area contributed by atoms with Gasteiger partial charge in [0.25, 0.3) is 0 Å². The third-order valence-corrected chi connectivity index (χ3v) is 3.01. The van der Waals surface area contributed by atoms with Crippen LogP contribution in [0.3, 0.4) is 0 Å². The lowest BCUT2D eigenvalue weighted by Gasteiger charge is -2.10. The molecule has 0 saturated heterocycles. The molecule has 0 aromatic heterocycles. The van der Waals surface area contributed by atoms with Gasteiger partial charge in [0, 0.05) is 6.26 Å². The van der Waals surface area contributed by atoms with Crippen molar-refractivity contribution in [1.29, 1.82) is 0 Å². The lowest BCUT2D eigenvalue weighted by atomic mass is 10.3. The first-order valence-corrected chi connectivity index (χ1v) is 5.46. The molecule has 0 rings (SSSR count). The Morgan fingerprint density at radius 1 is 1.54 bits per heavy atom. The predicted molar refractivity (Wildman–Crippen MR) is 51.4 cm³/mol. The molecular formula is C6H14ClNO4S. The summed E-state index contributed by atoms with van der Waals surface area (Å²) >= 11 is 0. The molecule has 0 heterocycles. The minimum atomic E-state index is -3.36. The fourth-order valence-electron chi connectivity index (χ4n) is 0.874. The van der Waals surface area contributed by atoms with Crippen molar-refractivity contribution in [1.82, 2.24) is 5.32 Å². The topological polar surface area (TPSA) is 83.5 Å². The second-order valence-corrected chi connectivity index (χ2v) is 4.65. The van der Waals surface area contributed by atoms with Gasteiger partial charge in [-0.1, -0.05) is 6.92 Å². The first-order chi connectivity index (χ1) is 5.43. The van der Waals surface area contributed by atoms with E-state index < -0.39 is 27.7 Å². The third-order valence-electron chi connectivity index (χ3n) is 1.43. The van der Waals surface area contributed by atoms with E-state index in [0.29, 0.717) is 0 Å². The Hall–Kier alpha value is -0.330. The van der Waals surface area contributed by atoms with Gasteiger partial charge in [-0.2, -0.15) is 0 Å². The molecule has 7 heteroatoms. The van der Waals surface area contributed by atoms with Gasteiger partial charge in [0.1, 0.15) is 12.0 Å². The average Bonchev–Trinajstić information content (AvgIpc) is 1.85. The number of hydrogen-bond acceptors (Lipinski definition) is 4. The molecular weight excluding hydrogens is 218 g/mol. The van der Waals surface area contributed by atoms with Crippen molar-refractivity contribution < 1.29 is 18.3 Å². The van der Waals surface area contributed by atoms with Gasteiger partial charge < -0.3 is 10.4 Å². The number of halogens is 1.